The average molecular weight is 409 g/mol. The third-order valence-electron chi connectivity index (χ3n) is 5.46. The van der Waals surface area contributed by atoms with Gasteiger partial charge in [0.2, 0.25) is 5.91 Å². The Morgan fingerprint density at radius 1 is 1.22 bits per heavy atom. The molecule has 3 heterocycles. The number of piperidine rings is 1. The number of carbonyl (C=O) groups excluding carboxylic acids is 1. The first-order valence-electron chi connectivity index (χ1n) is 9.37. The van der Waals surface area contributed by atoms with Gasteiger partial charge >= 0.3 is 0 Å². The van der Waals surface area contributed by atoms with E-state index in [1.807, 2.05) is 24.0 Å². The highest BCUT2D eigenvalue weighted by Crippen LogP contribution is 2.37. The molecular weight excluding hydrogens is 384 g/mol. The van der Waals surface area contributed by atoms with E-state index in [4.69, 9.17) is 4.42 Å². The summed E-state index contributed by atoms with van der Waals surface area (Å²) in [6, 6.07) is 7.33. The second-order valence-electron chi connectivity index (χ2n) is 7.28. The first-order valence-corrected chi connectivity index (χ1v) is 11.7. The quantitative estimate of drug-likeness (QED) is 0.734. The van der Waals surface area contributed by atoms with E-state index < -0.39 is 10.0 Å². The molecule has 4 rings (SSSR count). The van der Waals surface area contributed by atoms with E-state index in [1.54, 1.807) is 23.8 Å². The second-order valence-corrected chi connectivity index (χ2v) is 10.4. The van der Waals surface area contributed by atoms with Crippen molar-refractivity contribution >= 4 is 27.3 Å². The largest absolute Gasteiger partial charge is 0.467 e. The molecule has 0 aromatic carbocycles. The predicted octanol–water partition coefficient (Wildman–Crippen LogP) is 3.49. The number of hydrogen-bond acceptors (Lipinski definition) is 5. The Hall–Kier alpha value is -1.64. The molecule has 1 saturated carbocycles. The van der Waals surface area contributed by atoms with Crippen LogP contribution in [-0.2, 0) is 14.8 Å². The van der Waals surface area contributed by atoms with Crippen molar-refractivity contribution in [1.29, 1.82) is 0 Å². The highest BCUT2D eigenvalue weighted by atomic mass is 32.2. The predicted molar refractivity (Wildman–Crippen MR) is 103 cm³/mol. The standard InChI is InChI=1S/C19H24N2O4S2/c1-14(17-4-2-12-25-17)21(16-6-7-16)19(22)15-8-10-20(11-9-15)27(23,24)18-5-3-13-26-18/h2-5,12-16H,6-11H2,1H3. The molecule has 27 heavy (non-hydrogen) atoms. The summed E-state index contributed by atoms with van der Waals surface area (Å²) in [4.78, 5) is 15.2. The normalized spacial score (nSPS) is 20.5. The smallest absolute Gasteiger partial charge is 0.252 e. The monoisotopic (exact) mass is 408 g/mol. The minimum absolute atomic E-state index is 0.0899. The zero-order valence-corrected chi connectivity index (χ0v) is 16.9. The maximum atomic E-state index is 13.2. The van der Waals surface area contributed by atoms with Crippen LogP contribution in [0.25, 0.3) is 0 Å². The van der Waals surface area contributed by atoms with E-state index in [-0.39, 0.29) is 23.9 Å². The molecule has 0 N–H and O–H groups in total. The molecule has 1 aliphatic heterocycles. The first kappa shape index (κ1) is 18.7. The third-order valence-corrected chi connectivity index (χ3v) is 8.73. The van der Waals surface area contributed by atoms with E-state index in [9.17, 15) is 13.2 Å². The highest BCUT2D eigenvalue weighted by molar-refractivity contribution is 7.91. The lowest BCUT2D eigenvalue weighted by Gasteiger charge is -2.35. The van der Waals surface area contributed by atoms with Crippen LogP contribution in [-0.4, -0.2) is 42.7 Å². The topological polar surface area (TPSA) is 70.8 Å². The number of rotatable bonds is 6. The molecule has 1 amide bonds. The van der Waals surface area contributed by atoms with Gasteiger partial charge in [0.05, 0.1) is 12.3 Å². The SMILES string of the molecule is CC(c1ccco1)N(C(=O)C1CCN(S(=O)(=O)c2cccs2)CC1)C1CC1. The highest BCUT2D eigenvalue weighted by Gasteiger charge is 2.41. The number of hydrogen-bond donors (Lipinski definition) is 0. The third kappa shape index (κ3) is 3.70. The van der Waals surface area contributed by atoms with Crippen LogP contribution in [0.4, 0.5) is 0 Å². The van der Waals surface area contributed by atoms with Crippen LogP contribution in [0.15, 0.2) is 44.5 Å². The molecule has 146 valence electrons. The Morgan fingerprint density at radius 2 is 1.96 bits per heavy atom. The summed E-state index contributed by atoms with van der Waals surface area (Å²) < 4.78 is 32.7. The molecule has 6 nitrogen and oxygen atoms in total. The molecule has 0 bridgehead atoms. The van der Waals surface area contributed by atoms with Gasteiger partial charge in [0.15, 0.2) is 0 Å². The summed E-state index contributed by atoms with van der Waals surface area (Å²) in [5.74, 6) is 0.806. The molecule has 1 atom stereocenters. The van der Waals surface area contributed by atoms with Gasteiger partial charge in [0, 0.05) is 25.0 Å². The molecule has 1 unspecified atom stereocenters. The Bertz CT molecular complexity index is 865. The Balaban J connectivity index is 1.43. The van der Waals surface area contributed by atoms with E-state index in [0.717, 1.165) is 18.6 Å². The summed E-state index contributed by atoms with van der Waals surface area (Å²) >= 11 is 1.23. The van der Waals surface area contributed by atoms with E-state index >= 15 is 0 Å². The van der Waals surface area contributed by atoms with Crippen LogP contribution in [0.2, 0.25) is 0 Å². The van der Waals surface area contributed by atoms with E-state index in [2.05, 4.69) is 0 Å². The lowest BCUT2D eigenvalue weighted by atomic mass is 9.95. The molecule has 2 aromatic heterocycles. The van der Waals surface area contributed by atoms with Crippen molar-refractivity contribution in [3.63, 3.8) is 0 Å². The van der Waals surface area contributed by atoms with Crippen molar-refractivity contribution in [2.75, 3.05) is 13.1 Å². The zero-order valence-electron chi connectivity index (χ0n) is 15.3. The van der Waals surface area contributed by atoms with Gasteiger partial charge in [-0.15, -0.1) is 11.3 Å². The summed E-state index contributed by atoms with van der Waals surface area (Å²) in [6.45, 7) is 2.79. The van der Waals surface area contributed by atoms with Gasteiger partial charge in [-0.2, -0.15) is 4.31 Å². The molecule has 0 spiro atoms. The van der Waals surface area contributed by atoms with Crippen molar-refractivity contribution in [3.05, 3.63) is 41.7 Å². The van der Waals surface area contributed by atoms with Gasteiger partial charge in [0.1, 0.15) is 9.97 Å². The van der Waals surface area contributed by atoms with Crippen LogP contribution >= 0.6 is 11.3 Å². The van der Waals surface area contributed by atoms with Gasteiger partial charge in [0.25, 0.3) is 10.0 Å². The van der Waals surface area contributed by atoms with Crippen molar-refractivity contribution in [2.45, 2.75) is 48.9 Å². The van der Waals surface area contributed by atoms with Gasteiger partial charge in [-0.25, -0.2) is 8.42 Å². The van der Waals surface area contributed by atoms with Gasteiger partial charge in [-0.05, 0) is 56.2 Å². The fraction of sp³-hybridized carbons (Fsp3) is 0.526. The summed E-state index contributed by atoms with van der Waals surface area (Å²) in [5, 5.41) is 1.77. The zero-order chi connectivity index (χ0) is 19.0. The average Bonchev–Trinajstić information content (AvgIpc) is 3.16. The lowest BCUT2D eigenvalue weighted by Crippen LogP contribution is -2.45. The maximum absolute atomic E-state index is 13.2. The second kappa shape index (κ2) is 7.41. The van der Waals surface area contributed by atoms with Crippen LogP contribution in [0.5, 0.6) is 0 Å². The number of nitrogens with zero attached hydrogens (tertiary/aromatic N) is 2. The number of furan rings is 1. The molecular formula is C19H24N2O4S2. The number of carbonyl (C=O) groups is 1. The number of amides is 1. The van der Waals surface area contributed by atoms with E-state index in [1.165, 1.54) is 15.6 Å². The molecule has 2 fully saturated rings. The summed E-state index contributed by atoms with van der Waals surface area (Å²) in [6.07, 6.45) is 4.83. The molecule has 1 saturated heterocycles. The van der Waals surface area contributed by atoms with Gasteiger partial charge in [-0.3, -0.25) is 4.79 Å². The number of sulfonamides is 1. The molecule has 8 heteroatoms. The fourth-order valence-electron chi connectivity index (χ4n) is 3.80. The first-order chi connectivity index (χ1) is 13.0. The Kier molecular flexibility index (Phi) is 5.13. The van der Waals surface area contributed by atoms with Crippen LogP contribution < -0.4 is 0 Å². The lowest BCUT2D eigenvalue weighted by molar-refractivity contribution is -0.140. The van der Waals surface area contributed by atoms with Gasteiger partial charge < -0.3 is 9.32 Å². The number of thiophene rings is 1. The molecule has 0 radical (unpaired) electrons. The molecule has 2 aliphatic rings. The van der Waals surface area contributed by atoms with Crippen molar-refractivity contribution in [2.24, 2.45) is 5.92 Å². The summed E-state index contributed by atoms with van der Waals surface area (Å²) in [7, 11) is -3.43. The van der Waals surface area contributed by atoms with E-state index in [0.29, 0.717) is 30.1 Å². The molecule has 1 aliphatic carbocycles. The minimum Gasteiger partial charge on any atom is -0.467 e. The minimum atomic E-state index is -3.43. The van der Waals surface area contributed by atoms with Crippen molar-refractivity contribution < 1.29 is 17.6 Å². The summed E-state index contributed by atoms with van der Waals surface area (Å²) in [5.41, 5.74) is 0. The van der Waals surface area contributed by atoms with Gasteiger partial charge in [-0.1, -0.05) is 6.07 Å². The van der Waals surface area contributed by atoms with Crippen LogP contribution in [0.1, 0.15) is 44.4 Å². The fourth-order valence-corrected chi connectivity index (χ4v) is 6.41. The van der Waals surface area contributed by atoms with Crippen molar-refractivity contribution in [1.82, 2.24) is 9.21 Å². The van der Waals surface area contributed by atoms with Crippen LogP contribution in [0, 0.1) is 5.92 Å². The van der Waals surface area contributed by atoms with Crippen molar-refractivity contribution in [3.8, 4) is 0 Å². The van der Waals surface area contributed by atoms with Crippen LogP contribution in [0.3, 0.4) is 0 Å². The Morgan fingerprint density at radius 3 is 2.52 bits per heavy atom. The molecule has 2 aromatic rings. The Labute approximate surface area is 163 Å². The maximum Gasteiger partial charge on any atom is 0.252 e.